The van der Waals surface area contributed by atoms with Crippen molar-refractivity contribution >= 4 is 0 Å². The van der Waals surface area contributed by atoms with Crippen LogP contribution in [0.15, 0.2) is 47.3 Å². The first kappa shape index (κ1) is 11.4. The molecule has 3 heteroatoms. The van der Waals surface area contributed by atoms with Crippen LogP contribution in [0.25, 0.3) is 0 Å². The van der Waals surface area contributed by atoms with Crippen LogP contribution in [0.1, 0.15) is 11.1 Å². The summed E-state index contributed by atoms with van der Waals surface area (Å²) >= 11 is 0. The van der Waals surface area contributed by atoms with E-state index < -0.39 is 0 Å². The van der Waals surface area contributed by atoms with Crippen LogP contribution in [0.2, 0.25) is 0 Å². The van der Waals surface area contributed by atoms with Crippen molar-refractivity contribution in [2.75, 3.05) is 6.61 Å². The van der Waals surface area contributed by atoms with Crippen molar-refractivity contribution in [3.8, 4) is 5.75 Å². The zero-order valence-corrected chi connectivity index (χ0v) is 10.2. The van der Waals surface area contributed by atoms with Crippen molar-refractivity contribution in [1.82, 2.24) is 0 Å². The Morgan fingerprint density at radius 3 is 3.00 bits per heavy atom. The zero-order chi connectivity index (χ0) is 12.4. The van der Waals surface area contributed by atoms with E-state index in [1.54, 1.807) is 12.5 Å². The maximum absolute atomic E-state index is 6.28. The lowest BCUT2D eigenvalue weighted by Crippen LogP contribution is -2.39. The molecule has 1 aromatic heterocycles. The molecule has 3 nitrogen and oxygen atoms in total. The van der Waals surface area contributed by atoms with Crippen LogP contribution in [-0.4, -0.2) is 12.6 Å². The van der Waals surface area contributed by atoms with Crippen LogP contribution in [0.3, 0.4) is 0 Å². The van der Waals surface area contributed by atoms with E-state index in [1.807, 2.05) is 24.3 Å². The van der Waals surface area contributed by atoms with E-state index in [9.17, 15) is 0 Å². The lowest BCUT2D eigenvalue weighted by Gasteiger charge is -2.29. The molecule has 2 heterocycles. The number of nitrogens with two attached hydrogens (primary N) is 1. The molecule has 2 N–H and O–H groups in total. The molecule has 0 radical (unpaired) electrons. The Kier molecular flexibility index (Phi) is 3.07. The molecule has 2 atom stereocenters. The number of hydrogen-bond donors (Lipinski definition) is 1. The van der Waals surface area contributed by atoms with Gasteiger partial charge in [-0.3, -0.25) is 0 Å². The molecule has 18 heavy (non-hydrogen) atoms. The van der Waals surface area contributed by atoms with Crippen molar-refractivity contribution < 1.29 is 9.15 Å². The number of rotatable bonds is 3. The molecule has 0 spiro atoms. The fraction of sp³-hybridized carbons (Fsp3) is 0.333. The Morgan fingerprint density at radius 2 is 2.17 bits per heavy atom. The summed E-state index contributed by atoms with van der Waals surface area (Å²) in [6.45, 7) is 0.704. The van der Waals surface area contributed by atoms with E-state index in [0.717, 1.165) is 24.2 Å². The third-order valence-electron chi connectivity index (χ3n) is 3.56. The highest BCUT2D eigenvalue weighted by Gasteiger charge is 2.25. The largest absolute Gasteiger partial charge is 0.493 e. The summed E-state index contributed by atoms with van der Waals surface area (Å²) in [5, 5.41) is 0. The van der Waals surface area contributed by atoms with Crippen molar-refractivity contribution in [1.29, 1.82) is 0 Å². The van der Waals surface area contributed by atoms with Gasteiger partial charge in [-0.1, -0.05) is 18.2 Å². The molecule has 3 rings (SSSR count). The number of hydrogen-bond acceptors (Lipinski definition) is 3. The minimum absolute atomic E-state index is 0.107. The van der Waals surface area contributed by atoms with Crippen molar-refractivity contribution in [2.24, 2.45) is 11.7 Å². The monoisotopic (exact) mass is 243 g/mol. The third-order valence-corrected chi connectivity index (χ3v) is 3.56. The molecule has 0 saturated carbocycles. The molecule has 0 bridgehead atoms. The van der Waals surface area contributed by atoms with Crippen LogP contribution in [-0.2, 0) is 12.8 Å². The predicted molar refractivity (Wildman–Crippen MR) is 69.5 cm³/mol. The van der Waals surface area contributed by atoms with Gasteiger partial charge in [-0.15, -0.1) is 0 Å². The number of fused-ring (bicyclic) bond motifs is 1. The van der Waals surface area contributed by atoms with Crippen LogP contribution in [0.5, 0.6) is 5.75 Å². The normalized spacial score (nSPS) is 19.9. The van der Waals surface area contributed by atoms with Gasteiger partial charge in [0.05, 0.1) is 19.1 Å². The fourth-order valence-corrected chi connectivity index (χ4v) is 2.47. The summed E-state index contributed by atoms with van der Waals surface area (Å²) < 4.78 is 10.8. The second-order valence-corrected chi connectivity index (χ2v) is 4.88. The summed E-state index contributed by atoms with van der Waals surface area (Å²) in [5.74, 6) is 1.37. The third kappa shape index (κ3) is 2.27. The van der Waals surface area contributed by atoms with Gasteiger partial charge >= 0.3 is 0 Å². The molecule has 2 aromatic rings. The van der Waals surface area contributed by atoms with Gasteiger partial charge in [-0.25, -0.2) is 0 Å². The van der Waals surface area contributed by atoms with Crippen LogP contribution >= 0.6 is 0 Å². The molecular weight excluding hydrogens is 226 g/mol. The lowest BCUT2D eigenvalue weighted by atomic mass is 9.88. The Hall–Kier alpha value is -1.74. The van der Waals surface area contributed by atoms with E-state index in [4.69, 9.17) is 14.9 Å². The van der Waals surface area contributed by atoms with E-state index in [-0.39, 0.29) is 6.04 Å². The molecule has 0 amide bonds. The number of ether oxygens (including phenoxy) is 1. The van der Waals surface area contributed by atoms with Crippen molar-refractivity contribution in [3.63, 3.8) is 0 Å². The molecule has 94 valence electrons. The summed E-state index contributed by atoms with van der Waals surface area (Å²) in [5.41, 5.74) is 8.69. The molecule has 0 fully saturated rings. The van der Waals surface area contributed by atoms with Gasteiger partial charge in [0.15, 0.2) is 0 Å². The highest BCUT2D eigenvalue weighted by Crippen LogP contribution is 2.28. The smallest absolute Gasteiger partial charge is 0.122 e. The quantitative estimate of drug-likeness (QED) is 0.900. The number of para-hydroxylation sites is 1. The Balaban J connectivity index is 1.68. The Bertz CT molecular complexity index is 507. The maximum atomic E-state index is 6.28. The van der Waals surface area contributed by atoms with Crippen molar-refractivity contribution in [2.45, 2.75) is 18.9 Å². The zero-order valence-electron chi connectivity index (χ0n) is 10.2. The van der Waals surface area contributed by atoms with Crippen LogP contribution in [0.4, 0.5) is 0 Å². The van der Waals surface area contributed by atoms with Gasteiger partial charge in [0.25, 0.3) is 0 Å². The van der Waals surface area contributed by atoms with Crippen LogP contribution in [0, 0.1) is 5.92 Å². The summed E-state index contributed by atoms with van der Waals surface area (Å²) in [4.78, 5) is 0. The highest BCUT2D eigenvalue weighted by atomic mass is 16.5. The molecule has 2 unspecified atom stereocenters. The lowest BCUT2D eigenvalue weighted by molar-refractivity contribution is 0.198. The van der Waals surface area contributed by atoms with E-state index >= 15 is 0 Å². The molecule has 0 aliphatic carbocycles. The van der Waals surface area contributed by atoms with Crippen molar-refractivity contribution in [3.05, 3.63) is 54.0 Å². The van der Waals surface area contributed by atoms with Gasteiger partial charge in [0.1, 0.15) is 5.75 Å². The first-order chi connectivity index (χ1) is 8.83. The number of benzene rings is 1. The number of furan rings is 1. The SMILES string of the molecule is NC(Cc1ccoc1)C1COc2ccccc2C1. The predicted octanol–water partition coefficient (Wildman–Crippen LogP) is 2.40. The standard InChI is InChI=1S/C15H17NO2/c16-14(7-11-5-6-17-9-11)13-8-12-3-1-2-4-15(12)18-10-13/h1-6,9,13-14H,7-8,10,16H2. The second kappa shape index (κ2) is 4.86. The first-order valence-electron chi connectivity index (χ1n) is 6.30. The average Bonchev–Trinajstić information content (AvgIpc) is 2.91. The van der Waals surface area contributed by atoms with E-state index in [0.29, 0.717) is 12.5 Å². The van der Waals surface area contributed by atoms with Gasteiger partial charge in [-0.05, 0) is 36.1 Å². The van der Waals surface area contributed by atoms with Gasteiger partial charge < -0.3 is 14.9 Å². The summed E-state index contributed by atoms with van der Waals surface area (Å²) in [7, 11) is 0. The minimum atomic E-state index is 0.107. The second-order valence-electron chi connectivity index (χ2n) is 4.88. The first-order valence-corrected chi connectivity index (χ1v) is 6.30. The van der Waals surface area contributed by atoms with E-state index in [1.165, 1.54) is 5.56 Å². The molecule has 0 saturated heterocycles. The summed E-state index contributed by atoms with van der Waals surface area (Å²) in [6.07, 6.45) is 5.29. The minimum Gasteiger partial charge on any atom is -0.493 e. The van der Waals surface area contributed by atoms with Gasteiger partial charge in [-0.2, -0.15) is 0 Å². The van der Waals surface area contributed by atoms with Crippen LogP contribution < -0.4 is 10.5 Å². The fourth-order valence-electron chi connectivity index (χ4n) is 2.47. The molecule has 1 aromatic carbocycles. The summed E-state index contributed by atoms with van der Waals surface area (Å²) in [6, 6.07) is 10.3. The maximum Gasteiger partial charge on any atom is 0.122 e. The molecular formula is C15H17NO2. The topological polar surface area (TPSA) is 48.4 Å². The Labute approximate surface area is 107 Å². The van der Waals surface area contributed by atoms with Gasteiger partial charge in [0, 0.05) is 12.0 Å². The average molecular weight is 243 g/mol. The van der Waals surface area contributed by atoms with E-state index in [2.05, 4.69) is 6.07 Å². The molecule has 1 aliphatic rings. The molecule has 1 aliphatic heterocycles. The van der Waals surface area contributed by atoms with Gasteiger partial charge in [0.2, 0.25) is 0 Å². The highest BCUT2D eigenvalue weighted by molar-refractivity contribution is 5.35. The Morgan fingerprint density at radius 1 is 1.28 bits per heavy atom.